The fourth-order valence-corrected chi connectivity index (χ4v) is 5.03. The maximum atomic E-state index is 13.5. The number of carbonyl (C=O) groups excluding carboxylic acids is 2. The molecule has 3 atom stereocenters. The summed E-state index contributed by atoms with van der Waals surface area (Å²) in [4.78, 5) is 39.2. The second-order valence-corrected chi connectivity index (χ2v) is 10.0. The largest absolute Gasteiger partial charge is 0.340 e. The van der Waals surface area contributed by atoms with E-state index in [1.54, 1.807) is 30.6 Å². The molecule has 2 aliphatic rings. The number of piperazine rings is 1. The Bertz CT molecular complexity index is 1210. The van der Waals surface area contributed by atoms with Gasteiger partial charge in [0.15, 0.2) is 5.82 Å². The monoisotopic (exact) mass is 501 g/mol. The van der Waals surface area contributed by atoms with Gasteiger partial charge in [0.05, 0.1) is 0 Å². The molecule has 2 aromatic carbocycles. The Hall–Kier alpha value is -3.65. The smallest absolute Gasteiger partial charge is 0.251 e. The van der Waals surface area contributed by atoms with Crippen molar-refractivity contribution in [1.82, 2.24) is 25.1 Å². The third-order valence-electron chi connectivity index (χ3n) is 7.44. The molecule has 1 saturated carbocycles. The molecule has 3 aromatic rings. The van der Waals surface area contributed by atoms with E-state index in [0.29, 0.717) is 42.7 Å². The molecule has 1 unspecified atom stereocenters. The van der Waals surface area contributed by atoms with E-state index >= 15 is 0 Å². The summed E-state index contributed by atoms with van der Waals surface area (Å²) in [5.74, 6) is 0.913. The summed E-state index contributed by atoms with van der Waals surface area (Å²) < 4.78 is 13.3. The molecule has 1 N–H and O–H groups in total. The molecular weight excluding hydrogens is 469 g/mol. The third-order valence-corrected chi connectivity index (χ3v) is 7.44. The minimum atomic E-state index is -0.581. The molecule has 0 radical (unpaired) electrons. The van der Waals surface area contributed by atoms with Crippen molar-refractivity contribution < 1.29 is 14.0 Å². The number of nitrogens with zero attached hydrogens (tertiary/aromatic N) is 4. The van der Waals surface area contributed by atoms with E-state index in [4.69, 9.17) is 0 Å². The second-order valence-electron chi connectivity index (χ2n) is 10.0. The zero-order valence-corrected chi connectivity index (χ0v) is 21.0. The van der Waals surface area contributed by atoms with Crippen LogP contribution in [-0.2, 0) is 4.79 Å². The van der Waals surface area contributed by atoms with Gasteiger partial charge in [0.1, 0.15) is 11.9 Å². The number of halogens is 1. The van der Waals surface area contributed by atoms with E-state index in [2.05, 4.69) is 20.2 Å². The van der Waals surface area contributed by atoms with Crippen molar-refractivity contribution in [3.63, 3.8) is 0 Å². The van der Waals surface area contributed by atoms with Crippen LogP contribution in [0, 0.1) is 11.7 Å². The first-order valence-corrected chi connectivity index (χ1v) is 12.9. The molecule has 5 rings (SSSR count). The van der Waals surface area contributed by atoms with Gasteiger partial charge in [-0.05, 0) is 74.0 Å². The van der Waals surface area contributed by atoms with Crippen LogP contribution in [0.2, 0.25) is 0 Å². The maximum Gasteiger partial charge on any atom is 0.251 e. The lowest BCUT2D eigenvalue weighted by molar-refractivity contribution is -0.135. The van der Waals surface area contributed by atoms with Crippen LogP contribution in [0.15, 0.2) is 67.0 Å². The molecule has 2 amide bonds. The average molecular weight is 502 g/mol. The van der Waals surface area contributed by atoms with Gasteiger partial charge in [-0.3, -0.25) is 9.59 Å². The summed E-state index contributed by atoms with van der Waals surface area (Å²) in [6, 6.07) is 15.0. The highest BCUT2D eigenvalue weighted by molar-refractivity contribution is 5.97. The zero-order chi connectivity index (χ0) is 25.8. The van der Waals surface area contributed by atoms with Gasteiger partial charge in [0, 0.05) is 49.7 Å². The van der Waals surface area contributed by atoms with E-state index in [0.717, 1.165) is 37.1 Å². The maximum absolute atomic E-state index is 13.5. The van der Waals surface area contributed by atoms with E-state index in [1.807, 2.05) is 36.2 Å². The number of amides is 2. The standard InChI is InChI=1S/C29H32FN5O2/c1-34-15-17-35(18-16-34)29(37)26(12-9-23-19-25(23)20-7-10-24(30)11-8-20)33-28(36)22-5-3-21(4-6-22)27-31-13-2-14-32-27/h2-8,10-11,13-14,23,25-26H,9,12,15-19H2,1H3,(H,33,36)/t23-,25+,26?/m1/s1. The van der Waals surface area contributed by atoms with Crippen LogP contribution in [0.4, 0.5) is 4.39 Å². The van der Waals surface area contributed by atoms with Crippen LogP contribution >= 0.6 is 0 Å². The zero-order valence-electron chi connectivity index (χ0n) is 21.0. The Morgan fingerprint density at radius 2 is 1.68 bits per heavy atom. The molecule has 37 heavy (non-hydrogen) atoms. The highest BCUT2D eigenvalue weighted by Gasteiger charge is 2.39. The van der Waals surface area contributed by atoms with Crippen LogP contribution in [0.1, 0.15) is 41.1 Å². The quantitative estimate of drug-likeness (QED) is 0.509. The van der Waals surface area contributed by atoms with Gasteiger partial charge < -0.3 is 15.1 Å². The van der Waals surface area contributed by atoms with Crippen LogP contribution in [0.3, 0.4) is 0 Å². The summed E-state index contributed by atoms with van der Waals surface area (Å²) >= 11 is 0. The topological polar surface area (TPSA) is 78.4 Å². The van der Waals surface area contributed by atoms with Gasteiger partial charge in [0.25, 0.3) is 5.91 Å². The molecule has 0 spiro atoms. The summed E-state index contributed by atoms with van der Waals surface area (Å²) in [5.41, 5.74) is 2.45. The van der Waals surface area contributed by atoms with Crippen LogP contribution in [0.5, 0.6) is 0 Å². The first kappa shape index (κ1) is 25.0. The lowest BCUT2D eigenvalue weighted by atomic mass is 10.0. The highest BCUT2D eigenvalue weighted by Crippen LogP contribution is 2.50. The van der Waals surface area contributed by atoms with E-state index < -0.39 is 6.04 Å². The summed E-state index contributed by atoms with van der Waals surface area (Å²) in [5, 5.41) is 3.02. The minimum Gasteiger partial charge on any atom is -0.340 e. The van der Waals surface area contributed by atoms with Crippen LogP contribution in [-0.4, -0.2) is 70.9 Å². The van der Waals surface area contributed by atoms with Crippen molar-refractivity contribution >= 4 is 11.8 Å². The van der Waals surface area contributed by atoms with Gasteiger partial charge in [-0.1, -0.05) is 24.3 Å². The van der Waals surface area contributed by atoms with Gasteiger partial charge in [-0.15, -0.1) is 0 Å². The molecule has 0 bridgehead atoms. The third kappa shape index (κ3) is 6.20. The number of nitrogens with one attached hydrogen (secondary N) is 1. The Morgan fingerprint density at radius 1 is 1.00 bits per heavy atom. The fourth-order valence-electron chi connectivity index (χ4n) is 5.03. The molecule has 7 nitrogen and oxygen atoms in total. The van der Waals surface area contributed by atoms with Crippen LogP contribution in [0.25, 0.3) is 11.4 Å². The van der Waals surface area contributed by atoms with Crippen molar-refractivity contribution in [2.75, 3.05) is 33.2 Å². The van der Waals surface area contributed by atoms with Crippen molar-refractivity contribution in [2.24, 2.45) is 5.92 Å². The Morgan fingerprint density at radius 3 is 2.35 bits per heavy atom. The Balaban J connectivity index is 1.24. The van der Waals surface area contributed by atoms with Gasteiger partial charge in [-0.2, -0.15) is 0 Å². The van der Waals surface area contributed by atoms with Crippen LogP contribution < -0.4 is 5.32 Å². The average Bonchev–Trinajstić information content (AvgIpc) is 3.71. The lowest BCUT2D eigenvalue weighted by Crippen LogP contribution is -2.54. The molecular formula is C29H32FN5O2. The number of hydrogen-bond donors (Lipinski definition) is 1. The van der Waals surface area contributed by atoms with Crippen molar-refractivity contribution in [3.05, 3.63) is 83.9 Å². The highest BCUT2D eigenvalue weighted by atomic mass is 19.1. The number of benzene rings is 2. The summed E-state index contributed by atoms with van der Waals surface area (Å²) in [6.45, 7) is 2.97. The van der Waals surface area contributed by atoms with Gasteiger partial charge in [0.2, 0.25) is 5.91 Å². The van der Waals surface area contributed by atoms with Crippen molar-refractivity contribution in [3.8, 4) is 11.4 Å². The number of aromatic nitrogens is 2. The number of hydrogen-bond acceptors (Lipinski definition) is 5. The predicted octanol–water partition coefficient (Wildman–Crippen LogP) is 3.74. The number of likely N-dealkylation sites (N-methyl/N-ethyl adjacent to an activating group) is 1. The van der Waals surface area contributed by atoms with E-state index in [-0.39, 0.29) is 17.6 Å². The molecule has 2 heterocycles. The normalized spacial score (nSPS) is 20.3. The number of rotatable bonds is 8. The Labute approximate surface area is 216 Å². The molecule has 1 saturated heterocycles. The van der Waals surface area contributed by atoms with Crippen molar-refractivity contribution in [2.45, 2.75) is 31.2 Å². The SMILES string of the molecule is CN1CCN(C(=O)C(CC[C@@H]2C[C@H]2c2ccc(F)cc2)NC(=O)c2ccc(-c3ncccn3)cc2)CC1. The first-order chi connectivity index (χ1) is 18.0. The first-order valence-electron chi connectivity index (χ1n) is 12.9. The molecule has 192 valence electrons. The second kappa shape index (κ2) is 11.2. The predicted molar refractivity (Wildman–Crippen MR) is 139 cm³/mol. The van der Waals surface area contributed by atoms with Crippen molar-refractivity contribution in [1.29, 1.82) is 0 Å². The van der Waals surface area contributed by atoms with E-state index in [9.17, 15) is 14.0 Å². The fraction of sp³-hybridized carbons (Fsp3) is 0.379. The lowest BCUT2D eigenvalue weighted by Gasteiger charge is -2.35. The molecule has 1 aliphatic heterocycles. The van der Waals surface area contributed by atoms with Gasteiger partial charge >= 0.3 is 0 Å². The van der Waals surface area contributed by atoms with Gasteiger partial charge in [-0.25, -0.2) is 14.4 Å². The molecule has 1 aliphatic carbocycles. The number of carbonyl (C=O) groups is 2. The summed E-state index contributed by atoms with van der Waals surface area (Å²) in [6.07, 6.45) is 5.79. The molecule has 2 fully saturated rings. The minimum absolute atomic E-state index is 0.0188. The Kier molecular flexibility index (Phi) is 7.55. The molecule has 1 aromatic heterocycles. The molecule has 8 heteroatoms. The van der Waals surface area contributed by atoms with E-state index in [1.165, 1.54) is 12.1 Å². The summed E-state index contributed by atoms with van der Waals surface area (Å²) in [7, 11) is 2.05.